The van der Waals surface area contributed by atoms with E-state index >= 15 is 0 Å². The Bertz CT molecular complexity index is 736. The van der Waals surface area contributed by atoms with Crippen LogP contribution in [0.3, 0.4) is 0 Å². The molecule has 2 aromatic rings. The van der Waals surface area contributed by atoms with Crippen molar-refractivity contribution in [2.75, 3.05) is 18.0 Å². The number of anilines is 1. The van der Waals surface area contributed by atoms with Crippen LogP contribution in [0.1, 0.15) is 56.2 Å². The van der Waals surface area contributed by atoms with E-state index in [0.717, 1.165) is 31.5 Å². The number of hydrogen-bond acceptors (Lipinski definition) is 3. The van der Waals surface area contributed by atoms with E-state index in [0.29, 0.717) is 6.42 Å². The summed E-state index contributed by atoms with van der Waals surface area (Å²) in [5.41, 5.74) is 3.39. The minimum Gasteiger partial charge on any atom is -0.508 e. The molecule has 144 valence electrons. The molecule has 4 nitrogen and oxygen atoms in total. The van der Waals surface area contributed by atoms with Crippen molar-refractivity contribution in [3.63, 3.8) is 0 Å². The van der Waals surface area contributed by atoms with Gasteiger partial charge < -0.3 is 15.3 Å². The van der Waals surface area contributed by atoms with Gasteiger partial charge in [0.15, 0.2) is 0 Å². The molecule has 27 heavy (non-hydrogen) atoms. The van der Waals surface area contributed by atoms with Gasteiger partial charge in [0.1, 0.15) is 5.75 Å². The van der Waals surface area contributed by atoms with Gasteiger partial charge in [0.05, 0.1) is 12.5 Å². The van der Waals surface area contributed by atoms with E-state index < -0.39 is 0 Å². The number of aromatic hydroxyl groups is 1. The lowest BCUT2D eigenvalue weighted by Gasteiger charge is -2.32. The Morgan fingerprint density at radius 3 is 2.48 bits per heavy atom. The summed E-state index contributed by atoms with van der Waals surface area (Å²) in [5, 5.41) is 12.7. The predicted molar refractivity (Wildman–Crippen MR) is 110 cm³/mol. The normalized spacial score (nSPS) is 15.4. The number of carbonyl (C=O) groups is 1. The van der Waals surface area contributed by atoms with Crippen molar-refractivity contribution in [2.45, 2.75) is 51.5 Å². The summed E-state index contributed by atoms with van der Waals surface area (Å²) >= 11 is 0. The maximum absolute atomic E-state index is 12.7. The summed E-state index contributed by atoms with van der Waals surface area (Å²) < 4.78 is 0. The number of piperidine rings is 1. The average Bonchev–Trinajstić information content (AvgIpc) is 2.70. The number of phenolic OH excluding ortho intramolecular Hbond substituents is 1. The Balaban J connectivity index is 1.75. The first-order chi connectivity index (χ1) is 13.2. The Kier molecular flexibility index (Phi) is 6.74. The third kappa shape index (κ3) is 5.25. The van der Waals surface area contributed by atoms with Crippen LogP contribution in [-0.4, -0.2) is 24.1 Å². The minimum absolute atomic E-state index is 0.0209. The molecule has 4 heteroatoms. The molecule has 0 aliphatic carbocycles. The van der Waals surface area contributed by atoms with Crippen molar-refractivity contribution >= 4 is 11.6 Å². The molecule has 0 saturated carbocycles. The predicted octanol–water partition coefficient (Wildman–Crippen LogP) is 4.58. The molecular weight excluding hydrogens is 336 g/mol. The van der Waals surface area contributed by atoms with Crippen molar-refractivity contribution in [3.05, 3.63) is 59.7 Å². The molecule has 2 N–H and O–H groups in total. The summed E-state index contributed by atoms with van der Waals surface area (Å²) in [7, 11) is 0. The molecule has 0 aromatic heterocycles. The molecule has 1 amide bonds. The zero-order chi connectivity index (χ0) is 19.1. The first-order valence-corrected chi connectivity index (χ1v) is 10.1. The number of rotatable bonds is 7. The Hall–Kier alpha value is -2.49. The molecule has 1 heterocycles. The van der Waals surface area contributed by atoms with Crippen LogP contribution in [-0.2, 0) is 11.2 Å². The first kappa shape index (κ1) is 19.3. The highest BCUT2D eigenvalue weighted by Gasteiger charge is 2.21. The van der Waals surface area contributed by atoms with Gasteiger partial charge in [-0.15, -0.1) is 0 Å². The fourth-order valence-corrected chi connectivity index (χ4v) is 3.84. The van der Waals surface area contributed by atoms with Crippen molar-refractivity contribution in [3.8, 4) is 5.75 Å². The zero-order valence-corrected chi connectivity index (χ0v) is 16.2. The second-order valence-corrected chi connectivity index (χ2v) is 7.36. The van der Waals surface area contributed by atoms with Gasteiger partial charge in [0.25, 0.3) is 0 Å². The van der Waals surface area contributed by atoms with Crippen LogP contribution in [0, 0.1) is 0 Å². The molecule has 0 radical (unpaired) electrons. The van der Waals surface area contributed by atoms with E-state index in [1.807, 2.05) is 0 Å². The lowest BCUT2D eigenvalue weighted by atomic mass is 9.98. The standard InChI is InChI=1S/C23H30N2O2/c1-2-8-21(24-23(27)17-18-11-13-19(26)14-12-18)20-9-4-5-10-22(20)25-15-6-3-7-16-25/h4-5,9-14,21,26H,2-3,6-8,15-17H2,1H3,(H,24,27). The van der Waals surface area contributed by atoms with Gasteiger partial charge in [0.2, 0.25) is 5.91 Å². The fraction of sp³-hybridized carbons (Fsp3) is 0.435. The highest BCUT2D eigenvalue weighted by molar-refractivity contribution is 5.79. The molecule has 1 unspecified atom stereocenters. The monoisotopic (exact) mass is 366 g/mol. The number of benzene rings is 2. The van der Waals surface area contributed by atoms with Gasteiger partial charge in [-0.2, -0.15) is 0 Å². The van der Waals surface area contributed by atoms with Crippen LogP contribution in [0.5, 0.6) is 5.75 Å². The van der Waals surface area contributed by atoms with Crippen molar-refractivity contribution < 1.29 is 9.90 Å². The highest BCUT2D eigenvalue weighted by Crippen LogP contribution is 2.31. The molecular formula is C23H30N2O2. The minimum atomic E-state index is 0.0209. The van der Waals surface area contributed by atoms with Gasteiger partial charge >= 0.3 is 0 Å². The van der Waals surface area contributed by atoms with Crippen LogP contribution in [0.25, 0.3) is 0 Å². The molecule has 1 atom stereocenters. The van der Waals surface area contributed by atoms with Crippen molar-refractivity contribution in [1.82, 2.24) is 5.32 Å². The summed E-state index contributed by atoms with van der Waals surface area (Å²) in [6.07, 6.45) is 6.04. The number of phenols is 1. The van der Waals surface area contributed by atoms with Crippen molar-refractivity contribution in [1.29, 1.82) is 0 Å². The zero-order valence-electron chi connectivity index (χ0n) is 16.2. The maximum atomic E-state index is 12.7. The molecule has 1 fully saturated rings. The summed E-state index contributed by atoms with van der Waals surface area (Å²) in [5.74, 6) is 0.242. The van der Waals surface area contributed by atoms with Gasteiger partial charge in [0, 0.05) is 18.8 Å². The summed E-state index contributed by atoms with van der Waals surface area (Å²) in [6.45, 7) is 4.34. The Morgan fingerprint density at radius 2 is 1.78 bits per heavy atom. The van der Waals surface area contributed by atoms with Gasteiger partial charge in [-0.25, -0.2) is 0 Å². The molecule has 3 rings (SSSR count). The largest absolute Gasteiger partial charge is 0.508 e. The van der Waals surface area contributed by atoms with E-state index in [2.05, 4.69) is 41.4 Å². The van der Waals surface area contributed by atoms with Crippen LogP contribution in [0.2, 0.25) is 0 Å². The van der Waals surface area contributed by atoms with Crippen LogP contribution < -0.4 is 10.2 Å². The number of para-hydroxylation sites is 1. The molecule has 0 bridgehead atoms. The number of carbonyl (C=O) groups excluding carboxylic acids is 1. The number of nitrogens with one attached hydrogen (secondary N) is 1. The molecule has 1 aliphatic rings. The lowest BCUT2D eigenvalue weighted by molar-refractivity contribution is -0.121. The number of nitrogens with zero attached hydrogens (tertiary/aromatic N) is 1. The maximum Gasteiger partial charge on any atom is 0.224 e. The average molecular weight is 367 g/mol. The van der Waals surface area contributed by atoms with Gasteiger partial charge in [-0.05, 0) is 55.0 Å². The fourth-order valence-electron chi connectivity index (χ4n) is 3.84. The lowest BCUT2D eigenvalue weighted by Crippen LogP contribution is -2.34. The number of amides is 1. The second-order valence-electron chi connectivity index (χ2n) is 7.36. The van der Waals surface area contributed by atoms with E-state index in [9.17, 15) is 9.90 Å². The third-order valence-electron chi connectivity index (χ3n) is 5.22. The smallest absolute Gasteiger partial charge is 0.224 e. The molecule has 0 spiro atoms. The van der Waals surface area contributed by atoms with Gasteiger partial charge in [-0.1, -0.05) is 43.7 Å². The van der Waals surface area contributed by atoms with E-state index in [-0.39, 0.29) is 17.7 Å². The van der Waals surface area contributed by atoms with E-state index in [1.54, 1.807) is 24.3 Å². The second kappa shape index (κ2) is 9.45. The molecule has 2 aromatic carbocycles. The first-order valence-electron chi connectivity index (χ1n) is 10.1. The van der Waals surface area contributed by atoms with E-state index in [4.69, 9.17) is 0 Å². The third-order valence-corrected chi connectivity index (χ3v) is 5.22. The molecule has 1 saturated heterocycles. The van der Waals surface area contributed by atoms with E-state index in [1.165, 1.54) is 30.5 Å². The van der Waals surface area contributed by atoms with Crippen LogP contribution in [0.4, 0.5) is 5.69 Å². The Labute approximate surface area is 162 Å². The van der Waals surface area contributed by atoms with Crippen LogP contribution >= 0.6 is 0 Å². The quantitative estimate of drug-likeness (QED) is 0.754. The topological polar surface area (TPSA) is 52.6 Å². The summed E-state index contributed by atoms with van der Waals surface area (Å²) in [4.78, 5) is 15.1. The highest BCUT2D eigenvalue weighted by atomic mass is 16.3. The molecule has 1 aliphatic heterocycles. The number of hydrogen-bond donors (Lipinski definition) is 2. The van der Waals surface area contributed by atoms with Crippen LogP contribution in [0.15, 0.2) is 48.5 Å². The SMILES string of the molecule is CCCC(NC(=O)Cc1ccc(O)cc1)c1ccccc1N1CCCCC1. The van der Waals surface area contributed by atoms with Crippen molar-refractivity contribution in [2.24, 2.45) is 0 Å². The summed E-state index contributed by atoms with van der Waals surface area (Å²) in [6, 6.07) is 15.4. The van der Waals surface area contributed by atoms with Gasteiger partial charge in [-0.3, -0.25) is 4.79 Å². The Morgan fingerprint density at radius 1 is 1.07 bits per heavy atom.